The van der Waals surface area contributed by atoms with Crippen LogP contribution in [-0.4, -0.2) is 10.1 Å². The van der Waals surface area contributed by atoms with E-state index < -0.39 is 0 Å². The van der Waals surface area contributed by atoms with Crippen molar-refractivity contribution in [2.75, 3.05) is 0 Å². The molecule has 0 saturated heterocycles. The average molecular weight is 292 g/mol. The first-order valence-electron chi connectivity index (χ1n) is 6.24. The molecule has 0 unspecified atom stereocenters. The number of benzene rings is 2. The van der Waals surface area contributed by atoms with Gasteiger partial charge in [0.15, 0.2) is 5.58 Å². The maximum Gasteiger partial charge on any atom is 0.400 e. The van der Waals surface area contributed by atoms with E-state index in [0.29, 0.717) is 21.9 Å². The lowest BCUT2D eigenvalue weighted by Gasteiger charge is -1.99. The van der Waals surface area contributed by atoms with Gasteiger partial charge in [0.05, 0.1) is 0 Å². The van der Waals surface area contributed by atoms with Crippen LogP contribution in [0.2, 0.25) is 5.02 Å². The third-order valence-corrected chi connectivity index (χ3v) is 2.61. The molecule has 0 aliphatic heterocycles. The van der Waals surface area contributed by atoms with Crippen LogP contribution in [0.25, 0.3) is 11.1 Å². The number of fused-ring (bicyclic) bond motifs is 1. The molecule has 2 aromatic carbocycles. The number of hydrogen-bond acceptors (Lipinski definition) is 4. The molecule has 0 saturated carbocycles. The van der Waals surface area contributed by atoms with Crippen LogP contribution >= 0.6 is 11.6 Å². The number of oxazole rings is 1. The van der Waals surface area contributed by atoms with Gasteiger partial charge in [-0.05, 0) is 36.4 Å². The van der Waals surface area contributed by atoms with Crippen molar-refractivity contribution in [2.45, 2.75) is 13.8 Å². The quantitative estimate of drug-likeness (QED) is 0.721. The number of hydrogen-bond donors (Lipinski definition) is 1. The highest BCUT2D eigenvalue weighted by Crippen LogP contribution is 2.27. The second-order valence-corrected chi connectivity index (χ2v) is 4.12. The van der Waals surface area contributed by atoms with E-state index in [1.54, 1.807) is 30.3 Å². The molecule has 3 aromatic rings. The molecule has 0 atom stereocenters. The molecule has 20 heavy (non-hydrogen) atoms. The second-order valence-electron chi connectivity index (χ2n) is 3.69. The van der Waals surface area contributed by atoms with Gasteiger partial charge in [-0.2, -0.15) is 4.98 Å². The van der Waals surface area contributed by atoms with Gasteiger partial charge < -0.3 is 14.3 Å². The zero-order valence-electron chi connectivity index (χ0n) is 11.1. The lowest BCUT2D eigenvalue weighted by Crippen LogP contribution is -1.82. The number of ether oxygens (including phenoxy) is 1. The van der Waals surface area contributed by atoms with E-state index in [1.165, 1.54) is 12.1 Å². The summed E-state index contributed by atoms with van der Waals surface area (Å²) in [5.74, 6) is 0.706. The molecule has 0 aliphatic rings. The van der Waals surface area contributed by atoms with E-state index in [4.69, 9.17) is 25.9 Å². The highest BCUT2D eigenvalue weighted by molar-refractivity contribution is 6.31. The van der Waals surface area contributed by atoms with Gasteiger partial charge in [0, 0.05) is 11.1 Å². The van der Waals surface area contributed by atoms with Crippen LogP contribution in [0.5, 0.6) is 17.6 Å². The average Bonchev–Trinajstić information content (AvgIpc) is 2.85. The largest absolute Gasteiger partial charge is 0.508 e. The van der Waals surface area contributed by atoms with Gasteiger partial charge >= 0.3 is 6.08 Å². The third-order valence-electron chi connectivity index (χ3n) is 2.37. The molecule has 1 heterocycles. The van der Waals surface area contributed by atoms with Crippen LogP contribution in [0.3, 0.4) is 0 Å². The molecule has 1 N–H and O–H groups in total. The Labute approximate surface area is 121 Å². The summed E-state index contributed by atoms with van der Waals surface area (Å²) in [5, 5.41) is 9.74. The number of phenols is 1. The first kappa shape index (κ1) is 14.2. The minimum atomic E-state index is 0.137. The van der Waals surface area contributed by atoms with E-state index in [9.17, 15) is 0 Å². The van der Waals surface area contributed by atoms with Crippen LogP contribution in [0, 0.1) is 0 Å². The lowest BCUT2D eigenvalue weighted by molar-refractivity contribution is 0.342. The Morgan fingerprint density at radius 3 is 2.50 bits per heavy atom. The van der Waals surface area contributed by atoms with Gasteiger partial charge in [0.1, 0.15) is 17.0 Å². The van der Waals surface area contributed by atoms with Gasteiger partial charge in [-0.15, -0.1) is 0 Å². The summed E-state index contributed by atoms with van der Waals surface area (Å²) >= 11 is 5.85. The van der Waals surface area contributed by atoms with Crippen LogP contribution in [-0.2, 0) is 0 Å². The molecule has 5 heteroatoms. The smallest absolute Gasteiger partial charge is 0.400 e. The predicted octanol–water partition coefficient (Wildman–Crippen LogP) is 5.01. The normalized spacial score (nSPS) is 9.95. The van der Waals surface area contributed by atoms with Gasteiger partial charge in [0.25, 0.3) is 0 Å². The van der Waals surface area contributed by atoms with E-state index >= 15 is 0 Å². The fourth-order valence-electron chi connectivity index (χ4n) is 1.54. The number of halogens is 1. The minimum absolute atomic E-state index is 0.137. The molecule has 0 radical (unpaired) electrons. The molecule has 0 spiro atoms. The molecule has 1 aromatic heterocycles. The number of aromatic nitrogens is 1. The molecule has 0 bridgehead atoms. The topological polar surface area (TPSA) is 55.5 Å². The first-order valence-corrected chi connectivity index (χ1v) is 6.61. The summed E-state index contributed by atoms with van der Waals surface area (Å²) in [6.07, 6.45) is 0.137. The number of aromatic hydroxyl groups is 1. The lowest BCUT2D eigenvalue weighted by atomic mass is 10.3. The SMILES string of the molecule is CC.Oc1ccc(Oc2nc3ccc(Cl)cc3o2)cc1. The molecule has 4 nitrogen and oxygen atoms in total. The molecular weight excluding hydrogens is 278 g/mol. The van der Waals surface area contributed by atoms with E-state index in [-0.39, 0.29) is 11.8 Å². The van der Waals surface area contributed by atoms with Crippen molar-refractivity contribution in [3.63, 3.8) is 0 Å². The van der Waals surface area contributed by atoms with Gasteiger partial charge in [-0.3, -0.25) is 0 Å². The summed E-state index contributed by atoms with van der Waals surface area (Å²) in [6, 6.07) is 11.5. The summed E-state index contributed by atoms with van der Waals surface area (Å²) in [7, 11) is 0. The number of phenolic OH excluding ortho intramolecular Hbond substituents is 1. The van der Waals surface area contributed by atoms with Crippen molar-refractivity contribution in [3.8, 4) is 17.6 Å². The Kier molecular flexibility index (Phi) is 4.48. The predicted molar refractivity (Wildman–Crippen MR) is 78.5 cm³/mol. The Balaban J connectivity index is 0.000000704. The zero-order valence-corrected chi connectivity index (χ0v) is 11.9. The Morgan fingerprint density at radius 2 is 1.80 bits per heavy atom. The highest BCUT2D eigenvalue weighted by Gasteiger charge is 2.08. The van der Waals surface area contributed by atoms with E-state index in [1.807, 2.05) is 13.8 Å². The van der Waals surface area contributed by atoms with Crippen molar-refractivity contribution in [3.05, 3.63) is 47.5 Å². The molecule has 104 valence electrons. The van der Waals surface area contributed by atoms with Gasteiger partial charge in [-0.1, -0.05) is 25.4 Å². The van der Waals surface area contributed by atoms with E-state index in [0.717, 1.165) is 0 Å². The summed E-state index contributed by atoms with van der Waals surface area (Å²) < 4.78 is 10.8. The van der Waals surface area contributed by atoms with Crippen molar-refractivity contribution >= 4 is 22.7 Å². The highest BCUT2D eigenvalue weighted by atomic mass is 35.5. The third kappa shape index (κ3) is 3.22. The molecule has 0 fully saturated rings. The van der Waals surface area contributed by atoms with Crippen molar-refractivity contribution in [1.82, 2.24) is 4.98 Å². The molecular formula is C15H14ClNO3. The number of nitrogens with zero attached hydrogens (tertiary/aromatic N) is 1. The zero-order chi connectivity index (χ0) is 14.5. The summed E-state index contributed by atoms with van der Waals surface area (Å²) in [5.41, 5.74) is 1.24. The van der Waals surface area contributed by atoms with Crippen LogP contribution in [0.15, 0.2) is 46.9 Å². The van der Waals surface area contributed by atoms with Crippen molar-refractivity contribution < 1.29 is 14.3 Å². The van der Waals surface area contributed by atoms with Crippen LogP contribution < -0.4 is 4.74 Å². The monoisotopic (exact) mass is 291 g/mol. The van der Waals surface area contributed by atoms with Gasteiger partial charge in [0.2, 0.25) is 0 Å². The fourth-order valence-corrected chi connectivity index (χ4v) is 1.70. The summed E-state index contributed by atoms with van der Waals surface area (Å²) in [4.78, 5) is 4.16. The minimum Gasteiger partial charge on any atom is -0.508 e. The standard InChI is InChI=1S/C13H8ClNO3.C2H6/c14-8-1-6-11-12(7-8)18-13(15-11)17-10-4-2-9(16)3-5-10;1-2/h1-7,16H;1-2H3. The fraction of sp³-hybridized carbons (Fsp3) is 0.133. The van der Waals surface area contributed by atoms with Gasteiger partial charge in [-0.25, -0.2) is 0 Å². The Bertz CT molecular complexity index is 692. The first-order chi connectivity index (χ1) is 9.70. The van der Waals surface area contributed by atoms with Crippen LogP contribution in [0.4, 0.5) is 0 Å². The Morgan fingerprint density at radius 1 is 1.10 bits per heavy atom. The molecule has 0 amide bonds. The number of rotatable bonds is 2. The van der Waals surface area contributed by atoms with Crippen LogP contribution in [0.1, 0.15) is 13.8 Å². The second kappa shape index (κ2) is 6.30. The maximum atomic E-state index is 9.16. The summed E-state index contributed by atoms with van der Waals surface area (Å²) in [6.45, 7) is 4.00. The van der Waals surface area contributed by atoms with Crippen molar-refractivity contribution in [1.29, 1.82) is 0 Å². The molecule has 0 aliphatic carbocycles. The Hall–Kier alpha value is -2.20. The maximum absolute atomic E-state index is 9.16. The van der Waals surface area contributed by atoms with Crippen molar-refractivity contribution in [2.24, 2.45) is 0 Å². The molecule has 3 rings (SSSR count). The van der Waals surface area contributed by atoms with E-state index in [2.05, 4.69) is 4.98 Å².